The van der Waals surface area contributed by atoms with Crippen LogP contribution in [0, 0.1) is 0 Å². The van der Waals surface area contributed by atoms with Crippen molar-refractivity contribution in [3.63, 3.8) is 0 Å². The number of anilines is 1. The lowest BCUT2D eigenvalue weighted by Crippen LogP contribution is -1.97. The first-order valence-electron chi connectivity index (χ1n) is 5.74. The topological polar surface area (TPSA) is 66.5 Å². The molecule has 0 aliphatic carbocycles. The van der Waals surface area contributed by atoms with Gasteiger partial charge < -0.3 is 5.32 Å². The van der Waals surface area contributed by atoms with Crippen molar-refractivity contribution in [1.82, 2.24) is 20.6 Å². The molecule has 0 radical (unpaired) electrons. The summed E-state index contributed by atoms with van der Waals surface area (Å²) < 4.78 is 2.19. The van der Waals surface area contributed by atoms with E-state index in [9.17, 15) is 0 Å². The Hall–Kier alpha value is -1.25. The van der Waals surface area contributed by atoms with E-state index < -0.39 is 0 Å². The van der Waals surface area contributed by atoms with Gasteiger partial charge in [0.1, 0.15) is 0 Å². The first kappa shape index (κ1) is 13.7. The highest BCUT2D eigenvalue weighted by atomic mass is 79.9. The molecule has 3 rings (SSSR count). The molecule has 2 aromatic heterocycles. The molecule has 0 aliphatic heterocycles. The quantitative estimate of drug-likeness (QED) is 0.675. The highest BCUT2D eigenvalue weighted by Gasteiger charge is 2.06. The summed E-state index contributed by atoms with van der Waals surface area (Å²) in [6, 6.07) is 10.0. The van der Waals surface area contributed by atoms with Crippen molar-refractivity contribution in [2.24, 2.45) is 0 Å². The summed E-state index contributed by atoms with van der Waals surface area (Å²) in [5, 5.41) is 17.4. The molecule has 0 aliphatic rings. The van der Waals surface area contributed by atoms with Crippen molar-refractivity contribution in [1.29, 1.82) is 0 Å². The Morgan fingerprint density at radius 2 is 2.15 bits per heavy atom. The molecule has 2 heterocycles. The Bertz CT molecular complexity index is 691. The molecular weight excluding hydrogens is 406 g/mol. The third-order valence-corrected chi connectivity index (χ3v) is 5.89. The molecule has 8 heteroatoms. The summed E-state index contributed by atoms with van der Waals surface area (Å²) in [6.07, 6.45) is 0. The van der Waals surface area contributed by atoms with Gasteiger partial charge >= 0.3 is 0 Å². The Kier molecular flexibility index (Phi) is 4.13. The van der Waals surface area contributed by atoms with Crippen LogP contribution in [0.4, 0.5) is 5.69 Å². The molecule has 20 heavy (non-hydrogen) atoms. The molecule has 3 aromatic rings. The Balaban J connectivity index is 1.73. The molecule has 0 atom stereocenters. The van der Waals surface area contributed by atoms with Gasteiger partial charge in [0.2, 0.25) is 5.82 Å². The van der Waals surface area contributed by atoms with E-state index in [-0.39, 0.29) is 0 Å². The van der Waals surface area contributed by atoms with Gasteiger partial charge in [0.25, 0.3) is 0 Å². The minimum atomic E-state index is 0.593. The molecule has 0 unspecified atom stereocenters. The number of hydrogen-bond donors (Lipinski definition) is 2. The lowest BCUT2D eigenvalue weighted by Gasteiger charge is -2.05. The first-order valence-corrected chi connectivity index (χ1v) is 8.14. The number of halogens is 2. The number of thiophene rings is 1. The molecule has 0 spiro atoms. The third-order valence-electron chi connectivity index (χ3n) is 2.63. The van der Waals surface area contributed by atoms with Crippen LogP contribution in [0.15, 0.2) is 38.6 Å². The van der Waals surface area contributed by atoms with E-state index in [4.69, 9.17) is 0 Å². The summed E-state index contributed by atoms with van der Waals surface area (Å²) in [5.74, 6) is 0.593. The Morgan fingerprint density at radius 1 is 1.25 bits per heavy atom. The van der Waals surface area contributed by atoms with Crippen LogP contribution in [0.2, 0.25) is 0 Å². The average molecular weight is 415 g/mol. The summed E-state index contributed by atoms with van der Waals surface area (Å²) in [4.78, 5) is 1.24. The Labute approximate surface area is 136 Å². The monoisotopic (exact) mass is 413 g/mol. The van der Waals surface area contributed by atoms with E-state index in [0.717, 1.165) is 26.1 Å². The molecule has 0 bridgehead atoms. The zero-order valence-electron chi connectivity index (χ0n) is 10.1. The van der Waals surface area contributed by atoms with Gasteiger partial charge in [-0.15, -0.1) is 21.5 Å². The van der Waals surface area contributed by atoms with Crippen molar-refractivity contribution < 1.29 is 0 Å². The molecule has 102 valence electrons. The van der Waals surface area contributed by atoms with Crippen molar-refractivity contribution in [2.75, 3.05) is 5.32 Å². The summed E-state index contributed by atoms with van der Waals surface area (Å²) in [7, 11) is 0. The number of rotatable bonds is 4. The zero-order valence-corrected chi connectivity index (χ0v) is 14.1. The number of H-pyrrole nitrogens is 1. The maximum atomic E-state index is 3.98. The highest BCUT2D eigenvalue weighted by Crippen LogP contribution is 2.32. The summed E-state index contributed by atoms with van der Waals surface area (Å²) in [6.45, 7) is 0.768. The first-order chi connectivity index (χ1) is 9.72. The van der Waals surface area contributed by atoms with Crippen molar-refractivity contribution in [2.45, 2.75) is 6.54 Å². The number of nitrogens with zero attached hydrogens (tertiary/aromatic N) is 3. The maximum absolute atomic E-state index is 3.98. The van der Waals surface area contributed by atoms with E-state index in [1.807, 2.05) is 24.3 Å². The fourth-order valence-electron chi connectivity index (χ4n) is 1.72. The molecule has 0 saturated carbocycles. The number of tetrazole rings is 1. The van der Waals surface area contributed by atoms with Crippen LogP contribution in [0.5, 0.6) is 0 Å². The van der Waals surface area contributed by atoms with E-state index in [0.29, 0.717) is 5.82 Å². The van der Waals surface area contributed by atoms with Crippen molar-refractivity contribution in [3.8, 4) is 11.4 Å². The molecule has 5 nitrogen and oxygen atoms in total. The van der Waals surface area contributed by atoms with Crippen LogP contribution in [0.25, 0.3) is 11.4 Å². The third kappa shape index (κ3) is 3.08. The van der Waals surface area contributed by atoms with Crippen LogP contribution in [-0.4, -0.2) is 20.6 Å². The smallest absolute Gasteiger partial charge is 0.204 e. The summed E-state index contributed by atoms with van der Waals surface area (Å²) in [5.41, 5.74) is 1.95. The molecule has 1 aromatic carbocycles. The number of benzene rings is 1. The van der Waals surface area contributed by atoms with E-state index in [2.05, 4.69) is 63.9 Å². The minimum Gasteiger partial charge on any atom is -0.380 e. The van der Waals surface area contributed by atoms with Gasteiger partial charge in [-0.25, -0.2) is 0 Å². The number of aromatic nitrogens is 4. The van der Waals surface area contributed by atoms with Crippen LogP contribution in [-0.2, 0) is 6.54 Å². The van der Waals surface area contributed by atoms with Crippen molar-refractivity contribution >= 4 is 48.9 Å². The van der Waals surface area contributed by atoms with Crippen LogP contribution < -0.4 is 5.32 Å². The van der Waals surface area contributed by atoms with E-state index in [1.165, 1.54) is 4.88 Å². The van der Waals surface area contributed by atoms with E-state index in [1.54, 1.807) is 11.3 Å². The zero-order chi connectivity index (χ0) is 13.9. The Morgan fingerprint density at radius 3 is 2.85 bits per heavy atom. The molecule has 0 amide bonds. The molecule has 0 fully saturated rings. The molecule has 2 N–H and O–H groups in total. The second-order valence-electron chi connectivity index (χ2n) is 4.00. The van der Waals surface area contributed by atoms with E-state index >= 15 is 0 Å². The predicted octanol–water partition coefficient (Wildman–Crippen LogP) is 4.07. The number of aromatic amines is 1. The van der Waals surface area contributed by atoms with Gasteiger partial charge in [0, 0.05) is 27.1 Å². The molecular formula is C12H9Br2N5S. The number of nitrogens with one attached hydrogen (secondary N) is 2. The maximum Gasteiger partial charge on any atom is 0.204 e. The summed E-state index contributed by atoms with van der Waals surface area (Å²) >= 11 is 8.69. The SMILES string of the molecule is Brc1cc(CNc2cccc(-c3nn[nH]n3)c2)sc1Br. The lowest BCUT2D eigenvalue weighted by molar-refractivity contribution is 0.881. The largest absolute Gasteiger partial charge is 0.380 e. The van der Waals surface area contributed by atoms with Crippen LogP contribution >= 0.6 is 43.2 Å². The van der Waals surface area contributed by atoms with Gasteiger partial charge in [0.15, 0.2) is 0 Å². The normalized spacial score (nSPS) is 10.7. The van der Waals surface area contributed by atoms with Crippen LogP contribution in [0.3, 0.4) is 0 Å². The highest BCUT2D eigenvalue weighted by molar-refractivity contribution is 9.13. The fourth-order valence-corrected chi connectivity index (χ4v) is 3.84. The van der Waals surface area contributed by atoms with Crippen molar-refractivity contribution in [3.05, 3.63) is 43.5 Å². The second kappa shape index (κ2) is 6.02. The second-order valence-corrected chi connectivity index (χ2v) is 7.31. The predicted molar refractivity (Wildman–Crippen MR) is 86.7 cm³/mol. The van der Waals surface area contributed by atoms with Gasteiger partial charge in [-0.1, -0.05) is 12.1 Å². The minimum absolute atomic E-state index is 0.593. The lowest BCUT2D eigenvalue weighted by atomic mass is 10.2. The molecule has 0 saturated heterocycles. The number of hydrogen-bond acceptors (Lipinski definition) is 5. The van der Waals surface area contributed by atoms with Gasteiger partial charge in [-0.05, 0) is 55.3 Å². The van der Waals surface area contributed by atoms with Gasteiger partial charge in [0.05, 0.1) is 3.79 Å². The van der Waals surface area contributed by atoms with Gasteiger partial charge in [-0.2, -0.15) is 5.21 Å². The van der Waals surface area contributed by atoms with Crippen LogP contribution in [0.1, 0.15) is 4.88 Å². The standard InChI is InChI=1S/C12H9Br2N5S/c13-10-5-9(20-11(10)14)6-15-8-3-1-2-7(4-8)12-16-18-19-17-12/h1-5,15H,6H2,(H,16,17,18,19). The fraction of sp³-hybridized carbons (Fsp3) is 0.0833. The average Bonchev–Trinajstić information content (AvgIpc) is 3.08. The van der Waals surface area contributed by atoms with Gasteiger partial charge in [-0.3, -0.25) is 0 Å².